The molecule has 1 unspecified atom stereocenters. The number of hydrogen-bond donors (Lipinski definition) is 3. The monoisotopic (exact) mass is 279 g/mol. The van der Waals surface area contributed by atoms with Gasteiger partial charge in [0.25, 0.3) is 5.91 Å². The van der Waals surface area contributed by atoms with Crippen LogP contribution in [0.25, 0.3) is 0 Å². The molecular weight excluding hydrogens is 267 g/mol. The van der Waals surface area contributed by atoms with Crippen molar-refractivity contribution < 1.29 is 32.9 Å². The highest BCUT2D eigenvalue weighted by Crippen LogP contribution is 2.25. The number of phenols is 1. The number of amides is 1. The van der Waals surface area contributed by atoms with E-state index in [9.17, 15) is 18.0 Å². The Labute approximate surface area is 106 Å². The molecular formula is C11H12F3NO4. The summed E-state index contributed by atoms with van der Waals surface area (Å²) in [5, 5.41) is 20.0. The lowest BCUT2D eigenvalue weighted by atomic mass is 10.1. The van der Waals surface area contributed by atoms with E-state index in [1.54, 1.807) is 0 Å². The quantitative estimate of drug-likeness (QED) is 0.688. The third kappa shape index (κ3) is 3.36. The fourth-order valence-corrected chi connectivity index (χ4v) is 1.36. The van der Waals surface area contributed by atoms with Gasteiger partial charge in [-0.3, -0.25) is 4.79 Å². The van der Waals surface area contributed by atoms with E-state index in [-0.39, 0.29) is 6.61 Å². The van der Waals surface area contributed by atoms with Gasteiger partial charge in [0, 0.05) is 7.11 Å². The third-order valence-electron chi connectivity index (χ3n) is 2.30. The van der Waals surface area contributed by atoms with E-state index in [0.29, 0.717) is 6.07 Å². The standard InChI is InChI=1S/C11H12F3NO4/c1-19-4-5(3-16)15-11(18)6-2-7(12)9(14)10(17)8(6)13/h2,5,16-17H,3-4H2,1H3,(H,15,18). The summed E-state index contributed by atoms with van der Waals surface area (Å²) in [4.78, 5) is 11.6. The van der Waals surface area contributed by atoms with Gasteiger partial charge >= 0.3 is 0 Å². The molecule has 0 aromatic heterocycles. The molecule has 1 atom stereocenters. The molecule has 1 rings (SSSR count). The summed E-state index contributed by atoms with van der Waals surface area (Å²) in [6.07, 6.45) is 0. The van der Waals surface area contributed by atoms with E-state index in [2.05, 4.69) is 10.1 Å². The molecule has 0 aliphatic carbocycles. The summed E-state index contributed by atoms with van der Waals surface area (Å²) in [6.45, 7) is -0.545. The van der Waals surface area contributed by atoms with Gasteiger partial charge in [0.2, 0.25) is 5.82 Å². The van der Waals surface area contributed by atoms with Gasteiger partial charge in [0.15, 0.2) is 17.4 Å². The van der Waals surface area contributed by atoms with Crippen LogP contribution in [0, 0.1) is 17.5 Å². The van der Waals surface area contributed by atoms with Crippen LogP contribution in [0.1, 0.15) is 10.4 Å². The van der Waals surface area contributed by atoms with Crippen molar-refractivity contribution in [3.8, 4) is 5.75 Å². The van der Waals surface area contributed by atoms with Crippen LogP contribution in [-0.4, -0.2) is 42.5 Å². The summed E-state index contributed by atoms with van der Waals surface area (Å²) < 4.78 is 43.9. The number of aromatic hydroxyl groups is 1. The molecule has 0 bridgehead atoms. The minimum Gasteiger partial charge on any atom is -0.503 e. The minimum absolute atomic E-state index is 0.0560. The van der Waals surface area contributed by atoms with Crippen molar-refractivity contribution in [2.24, 2.45) is 0 Å². The number of nitrogens with one attached hydrogen (secondary N) is 1. The summed E-state index contributed by atoms with van der Waals surface area (Å²) in [7, 11) is 1.32. The van der Waals surface area contributed by atoms with Gasteiger partial charge < -0.3 is 20.3 Å². The second-order valence-corrected chi connectivity index (χ2v) is 3.69. The van der Waals surface area contributed by atoms with Gasteiger partial charge in [-0.05, 0) is 6.07 Å². The van der Waals surface area contributed by atoms with E-state index >= 15 is 0 Å². The Kier molecular flexibility index (Phi) is 5.13. The zero-order valence-electron chi connectivity index (χ0n) is 9.91. The number of ether oxygens (including phenoxy) is 1. The van der Waals surface area contributed by atoms with Crippen LogP contribution in [0.4, 0.5) is 13.2 Å². The van der Waals surface area contributed by atoms with Gasteiger partial charge in [0.1, 0.15) is 0 Å². The van der Waals surface area contributed by atoms with Crippen LogP contribution in [0.3, 0.4) is 0 Å². The van der Waals surface area contributed by atoms with Crippen molar-refractivity contribution in [3.05, 3.63) is 29.1 Å². The topological polar surface area (TPSA) is 78.8 Å². The Morgan fingerprint density at radius 2 is 2.05 bits per heavy atom. The highest BCUT2D eigenvalue weighted by molar-refractivity contribution is 5.95. The van der Waals surface area contributed by atoms with E-state index in [4.69, 9.17) is 10.2 Å². The summed E-state index contributed by atoms with van der Waals surface area (Å²) in [6, 6.07) is -0.520. The largest absolute Gasteiger partial charge is 0.503 e. The first-order valence-corrected chi connectivity index (χ1v) is 5.19. The highest BCUT2D eigenvalue weighted by Gasteiger charge is 2.23. The Hall–Kier alpha value is -1.80. The number of methoxy groups -OCH3 is 1. The van der Waals surface area contributed by atoms with Crippen LogP contribution in [0.2, 0.25) is 0 Å². The molecule has 0 aliphatic heterocycles. The molecule has 0 fully saturated rings. The van der Waals surface area contributed by atoms with Gasteiger partial charge in [-0.2, -0.15) is 4.39 Å². The van der Waals surface area contributed by atoms with Crippen LogP contribution in [0.15, 0.2) is 6.07 Å². The molecule has 0 saturated heterocycles. The van der Waals surface area contributed by atoms with Gasteiger partial charge in [0.05, 0.1) is 24.8 Å². The average Bonchev–Trinajstić information content (AvgIpc) is 2.39. The number of halogens is 3. The summed E-state index contributed by atoms with van der Waals surface area (Å²) in [5.74, 6) is -7.59. The van der Waals surface area contributed by atoms with Crippen molar-refractivity contribution >= 4 is 5.91 Å². The summed E-state index contributed by atoms with van der Waals surface area (Å²) >= 11 is 0. The van der Waals surface area contributed by atoms with Gasteiger partial charge in [-0.25, -0.2) is 8.78 Å². The van der Waals surface area contributed by atoms with Crippen molar-refractivity contribution in [3.63, 3.8) is 0 Å². The fraction of sp³-hybridized carbons (Fsp3) is 0.364. The van der Waals surface area contributed by atoms with Crippen molar-refractivity contribution in [1.82, 2.24) is 5.32 Å². The number of hydrogen-bond acceptors (Lipinski definition) is 4. The Morgan fingerprint density at radius 3 is 2.58 bits per heavy atom. The van der Waals surface area contributed by atoms with Crippen molar-refractivity contribution in [1.29, 1.82) is 0 Å². The molecule has 5 nitrogen and oxygen atoms in total. The Morgan fingerprint density at radius 1 is 1.42 bits per heavy atom. The van der Waals surface area contributed by atoms with Crippen molar-refractivity contribution in [2.75, 3.05) is 20.3 Å². The lowest BCUT2D eigenvalue weighted by molar-refractivity contribution is 0.0834. The Bertz CT molecular complexity index is 481. The number of aliphatic hydroxyl groups is 1. The average molecular weight is 279 g/mol. The molecule has 1 aromatic carbocycles. The van der Waals surface area contributed by atoms with E-state index in [1.807, 2.05) is 0 Å². The minimum atomic E-state index is -1.77. The lowest BCUT2D eigenvalue weighted by Gasteiger charge is -2.15. The van der Waals surface area contributed by atoms with Crippen LogP contribution in [0.5, 0.6) is 5.75 Å². The van der Waals surface area contributed by atoms with Crippen LogP contribution < -0.4 is 5.32 Å². The maximum atomic E-state index is 13.4. The number of carbonyl (C=O) groups excluding carboxylic acids is 1. The first-order valence-electron chi connectivity index (χ1n) is 5.19. The molecule has 1 aromatic rings. The normalized spacial score (nSPS) is 12.3. The first-order chi connectivity index (χ1) is 8.92. The molecule has 19 heavy (non-hydrogen) atoms. The molecule has 0 heterocycles. The molecule has 3 N–H and O–H groups in total. The third-order valence-corrected chi connectivity index (χ3v) is 2.30. The molecule has 8 heteroatoms. The van der Waals surface area contributed by atoms with Crippen LogP contribution in [-0.2, 0) is 4.74 Å². The van der Waals surface area contributed by atoms with E-state index in [0.717, 1.165) is 0 Å². The first kappa shape index (κ1) is 15.3. The Balaban J connectivity index is 3.00. The molecule has 0 aliphatic rings. The number of aliphatic hydroxyl groups excluding tert-OH is 1. The smallest absolute Gasteiger partial charge is 0.254 e. The number of benzene rings is 1. The summed E-state index contributed by atoms with van der Waals surface area (Å²) in [5.41, 5.74) is -0.869. The lowest BCUT2D eigenvalue weighted by Crippen LogP contribution is -2.41. The molecule has 0 radical (unpaired) electrons. The second kappa shape index (κ2) is 6.39. The highest BCUT2D eigenvalue weighted by atomic mass is 19.2. The molecule has 0 spiro atoms. The van der Waals surface area contributed by atoms with Gasteiger partial charge in [-0.15, -0.1) is 0 Å². The van der Waals surface area contributed by atoms with E-state index < -0.39 is 47.3 Å². The SMILES string of the molecule is COCC(CO)NC(=O)c1cc(F)c(F)c(O)c1F. The molecule has 1 amide bonds. The van der Waals surface area contributed by atoms with Gasteiger partial charge in [-0.1, -0.05) is 0 Å². The van der Waals surface area contributed by atoms with Crippen molar-refractivity contribution in [2.45, 2.75) is 6.04 Å². The number of rotatable bonds is 5. The zero-order valence-corrected chi connectivity index (χ0v) is 9.91. The predicted octanol–water partition coefficient (Wildman–Crippen LogP) is 0.547. The fourth-order valence-electron chi connectivity index (χ4n) is 1.36. The number of phenolic OH excluding ortho intramolecular Hbond substituents is 1. The predicted molar refractivity (Wildman–Crippen MR) is 58.2 cm³/mol. The second-order valence-electron chi connectivity index (χ2n) is 3.69. The maximum Gasteiger partial charge on any atom is 0.254 e. The number of carbonyl (C=O) groups is 1. The van der Waals surface area contributed by atoms with E-state index in [1.165, 1.54) is 7.11 Å². The molecule has 106 valence electrons. The molecule has 0 saturated carbocycles. The van der Waals surface area contributed by atoms with Crippen LogP contribution >= 0.6 is 0 Å². The maximum absolute atomic E-state index is 13.4. The zero-order chi connectivity index (χ0) is 14.6.